The first-order valence-corrected chi connectivity index (χ1v) is 10.0. The van der Waals surface area contributed by atoms with Crippen LogP contribution in [0.5, 0.6) is 0 Å². The molecule has 6 N–H and O–H groups in total. The number of anilines is 2. The van der Waals surface area contributed by atoms with Gasteiger partial charge in [0, 0.05) is 5.56 Å². The van der Waals surface area contributed by atoms with E-state index in [4.69, 9.17) is 10.5 Å². The summed E-state index contributed by atoms with van der Waals surface area (Å²) < 4.78 is 85.0. The third-order valence-corrected chi connectivity index (χ3v) is 5.29. The van der Waals surface area contributed by atoms with E-state index in [0.29, 0.717) is 18.3 Å². The zero-order valence-electron chi connectivity index (χ0n) is 17.7. The van der Waals surface area contributed by atoms with E-state index in [2.05, 4.69) is 25.5 Å². The van der Waals surface area contributed by atoms with Crippen LogP contribution >= 0.6 is 0 Å². The van der Waals surface area contributed by atoms with Crippen molar-refractivity contribution in [1.82, 2.24) is 19.5 Å². The number of ether oxygens (including phenoxy) is 1. The van der Waals surface area contributed by atoms with Gasteiger partial charge >= 0.3 is 12.4 Å². The highest BCUT2D eigenvalue weighted by molar-refractivity contribution is 5.84. The fourth-order valence-corrected chi connectivity index (χ4v) is 3.53. The number of nitrogen functional groups attached to an aromatic ring is 1. The Morgan fingerprint density at radius 3 is 2.44 bits per heavy atom. The molecule has 0 aliphatic carbocycles. The maximum absolute atomic E-state index is 13.3. The minimum Gasteiger partial charge on any atom is -0.394 e. The Labute approximate surface area is 196 Å². The molecule has 2 aromatic heterocycles. The lowest BCUT2D eigenvalue weighted by Gasteiger charge is -2.16. The summed E-state index contributed by atoms with van der Waals surface area (Å²) in [4.78, 5) is 11.9. The van der Waals surface area contributed by atoms with Crippen molar-refractivity contribution in [2.45, 2.75) is 36.9 Å². The molecule has 17 heteroatoms. The molecule has 1 saturated heterocycles. The van der Waals surface area contributed by atoms with Crippen LogP contribution in [0.3, 0.4) is 0 Å². The zero-order chi connectivity index (χ0) is 26.4. The second kappa shape index (κ2) is 9.16. The van der Waals surface area contributed by atoms with Gasteiger partial charge in [-0.25, -0.2) is 10.4 Å². The van der Waals surface area contributed by atoms with Gasteiger partial charge in [-0.2, -0.15) is 41.4 Å². The van der Waals surface area contributed by atoms with Gasteiger partial charge < -0.3 is 25.8 Å². The highest BCUT2D eigenvalue weighted by Crippen LogP contribution is 2.37. The Morgan fingerprint density at radius 2 is 1.83 bits per heavy atom. The first-order valence-electron chi connectivity index (χ1n) is 10.0. The smallest absolute Gasteiger partial charge is 0.394 e. The van der Waals surface area contributed by atoms with Crippen molar-refractivity contribution in [3.63, 3.8) is 0 Å². The standard InChI is InChI=1S/C19H17F6N7O4/c20-18(21,22)8-2-1-7(9(3-8)19(23,24)25)4-28-31-17-29-14(26)11-15(30-17)32(6-27-11)16-13(35)12(34)10(5-33)36-16/h1-4,6,10,12-13,16,33-35H,5H2,(H3,26,29,30,31)/b28-4+/t10-,12-,13-,16-/m1/s1. The van der Waals surface area contributed by atoms with Gasteiger partial charge in [-0.1, -0.05) is 6.07 Å². The molecule has 0 saturated carbocycles. The monoisotopic (exact) mass is 521 g/mol. The number of halogens is 6. The van der Waals surface area contributed by atoms with E-state index in [0.717, 1.165) is 0 Å². The molecule has 36 heavy (non-hydrogen) atoms. The van der Waals surface area contributed by atoms with Gasteiger partial charge in [0.2, 0.25) is 5.95 Å². The van der Waals surface area contributed by atoms with E-state index in [9.17, 15) is 41.7 Å². The molecule has 1 fully saturated rings. The van der Waals surface area contributed by atoms with Crippen molar-refractivity contribution in [3.05, 3.63) is 41.2 Å². The number of aromatic nitrogens is 4. The predicted octanol–water partition coefficient (Wildman–Crippen LogP) is 1.50. The Morgan fingerprint density at radius 1 is 1.11 bits per heavy atom. The van der Waals surface area contributed by atoms with Crippen LogP contribution in [0.4, 0.5) is 38.1 Å². The minimum absolute atomic E-state index is 0.0134. The van der Waals surface area contributed by atoms with E-state index in [-0.39, 0.29) is 29.0 Å². The number of aliphatic hydroxyl groups excluding tert-OH is 3. The number of fused-ring (bicyclic) bond motifs is 1. The number of aliphatic hydroxyl groups is 3. The van der Waals surface area contributed by atoms with Crippen molar-refractivity contribution >= 4 is 29.1 Å². The summed E-state index contributed by atoms with van der Waals surface area (Å²) in [5.74, 6) is -0.515. The summed E-state index contributed by atoms with van der Waals surface area (Å²) in [6.07, 6.45) is -13.4. The van der Waals surface area contributed by atoms with Gasteiger partial charge in [-0.05, 0) is 12.1 Å². The molecule has 0 radical (unpaired) electrons. The van der Waals surface area contributed by atoms with Crippen molar-refractivity contribution < 1.29 is 46.4 Å². The molecule has 3 heterocycles. The molecule has 1 aliphatic rings. The number of nitrogens with zero attached hydrogens (tertiary/aromatic N) is 5. The van der Waals surface area contributed by atoms with Crippen LogP contribution < -0.4 is 11.2 Å². The molecule has 1 aromatic carbocycles. The Bertz CT molecular complexity index is 1300. The molecule has 0 bridgehead atoms. The lowest BCUT2D eigenvalue weighted by molar-refractivity contribution is -0.143. The molecule has 1 aliphatic heterocycles. The Balaban J connectivity index is 1.63. The Kier molecular flexibility index (Phi) is 6.50. The first kappa shape index (κ1) is 25.5. The van der Waals surface area contributed by atoms with Crippen molar-refractivity contribution in [2.24, 2.45) is 5.10 Å². The summed E-state index contributed by atoms with van der Waals surface area (Å²) in [7, 11) is 0. The van der Waals surface area contributed by atoms with E-state index in [1.54, 1.807) is 0 Å². The van der Waals surface area contributed by atoms with Crippen LogP contribution in [0.2, 0.25) is 0 Å². The molecule has 11 nitrogen and oxygen atoms in total. The second-order valence-corrected chi connectivity index (χ2v) is 7.65. The largest absolute Gasteiger partial charge is 0.417 e. The highest BCUT2D eigenvalue weighted by Gasteiger charge is 2.44. The van der Waals surface area contributed by atoms with E-state index >= 15 is 0 Å². The van der Waals surface area contributed by atoms with Crippen LogP contribution in [0.25, 0.3) is 11.2 Å². The molecule has 0 amide bonds. The number of hydrogen-bond donors (Lipinski definition) is 5. The summed E-state index contributed by atoms with van der Waals surface area (Å²) in [5.41, 5.74) is 4.44. The normalized spacial score (nSPS) is 23.1. The average molecular weight is 521 g/mol. The summed E-state index contributed by atoms with van der Waals surface area (Å²) >= 11 is 0. The molecular formula is C19H17F6N7O4. The molecule has 4 rings (SSSR count). The number of alkyl halides is 6. The SMILES string of the molecule is Nc1nc(N/N=C/c2ccc(C(F)(F)F)cc2C(F)(F)F)nc2c1ncn2[C@@H]1O[C@H](CO)[C@@H](O)[C@H]1O. The number of imidazole rings is 1. The second-order valence-electron chi connectivity index (χ2n) is 7.65. The topological polar surface area (TPSA) is 164 Å². The van der Waals surface area contributed by atoms with Crippen LogP contribution in [0, 0.1) is 0 Å². The van der Waals surface area contributed by atoms with Gasteiger partial charge in [-0.3, -0.25) is 4.57 Å². The highest BCUT2D eigenvalue weighted by atomic mass is 19.4. The number of hydrazone groups is 1. The maximum atomic E-state index is 13.3. The fourth-order valence-electron chi connectivity index (χ4n) is 3.53. The zero-order valence-corrected chi connectivity index (χ0v) is 17.7. The maximum Gasteiger partial charge on any atom is 0.417 e. The molecule has 0 unspecified atom stereocenters. The number of hydrogen-bond acceptors (Lipinski definition) is 10. The molecule has 0 spiro atoms. The molecular weight excluding hydrogens is 504 g/mol. The van der Waals surface area contributed by atoms with Crippen molar-refractivity contribution in [3.8, 4) is 0 Å². The van der Waals surface area contributed by atoms with E-state index < -0.39 is 60.2 Å². The van der Waals surface area contributed by atoms with Crippen LogP contribution in [-0.4, -0.2) is 66.0 Å². The van der Waals surface area contributed by atoms with E-state index in [1.165, 1.54) is 10.9 Å². The van der Waals surface area contributed by atoms with Gasteiger partial charge in [-0.15, -0.1) is 0 Å². The van der Waals surface area contributed by atoms with Crippen molar-refractivity contribution in [1.29, 1.82) is 0 Å². The average Bonchev–Trinajstić information content (AvgIpc) is 3.33. The van der Waals surface area contributed by atoms with Gasteiger partial charge in [0.25, 0.3) is 0 Å². The molecule has 3 aromatic rings. The molecule has 194 valence electrons. The van der Waals surface area contributed by atoms with Gasteiger partial charge in [0.15, 0.2) is 17.7 Å². The molecule has 4 atom stereocenters. The van der Waals surface area contributed by atoms with Crippen LogP contribution in [0.15, 0.2) is 29.6 Å². The fraction of sp³-hybridized carbons (Fsp3) is 0.368. The minimum atomic E-state index is -5.09. The predicted molar refractivity (Wildman–Crippen MR) is 110 cm³/mol. The van der Waals surface area contributed by atoms with Gasteiger partial charge in [0.1, 0.15) is 23.8 Å². The summed E-state index contributed by atoms with van der Waals surface area (Å²) in [5, 5.41) is 33.1. The van der Waals surface area contributed by atoms with Crippen LogP contribution in [-0.2, 0) is 17.1 Å². The summed E-state index contributed by atoms with van der Waals surface area (Å²) in [6, 6.07) is 1.07. The van der Waals surface area contributed by atoms with Gasteiger partial charge in [0.05, 0.1) is 30.3 Å². The quantitative estimate of drug-likeness (QED) is 0.190. The number of rotatable bonds is 5. The van der Waals surface area contributed by atoms with E-state index in [1.807, 2.05) is 0 Å². The summed E-state index contributed by atoms with van der Waals surface area (Å²) in [6.45, 7) is -0.580. The lowest BCUT2D eigenvalue weighted by atomic mass is 10.0. The first-order chi connectivity index (χ1) is 16.8. The van der Waals surface area contributed by atoms with Crippen LogP contribution in [0.1, 0.15) is 22.9 Å². The lowest BCUT2D eigenvalue weighted by Crippen LogP contribution is -2.33. The third-order valence-electron chi connectivity index (χ3n) is 5.29. The number of benzene rings is 1. The van der Waals surface area contributed by atoms with Crippen molar-refractivity contribution in [2.75, 3.05) is 17.8 Å². The Hall–Kier alpha value is -3.54. The number of nitrogens with one attached hydrogen (secondary N) is 1. The number of nitrogens with two attached hydrogens (primary N) is 1. The third kappa shape index (κ3) is 4.77.